The zero-order valence-corrected chi connectivity index (χ0v) is 6.27. The van der Waals surface area contributed by atoms with Gasteiger partial charge in [-0.3, -0.25) is 0 Å². The van der Waals surface area contributed by atoms with Gasteiger partial charge in [0.1, 0.15) is 6.61 Å². The third-order valence-electron chi connectivity index (χ3n) is 1.47. The molecule has 58 valence electrons. The van der Waals surface area contributed by atoms with E-state index in [0.29, 0.717) is 6.61 Å². The van der Waals surface area contributed by atoms with Crippen LogP contribution in [0.3, 0.4) is 0 Å². The molecule has 0 radical (unpaired) electrons. The van der Waals surface area contributed by atoms with E-state index in [4.69, 9.17) is 4.84 Å². The first kappa shape index (κ1) is 6.27. The van der Waals surface area contributed by atoms with Gasteiger partial charge in [0.25, 0.3) is 0 Å². The molecule has 0 aliphatic carbocycles. The molecule has 0 saturated heterocycles. The molecule has 0 aromatic carbocycles. The topological polar surface area (TPSA) is 31.5 Å². The van der Waals surface area contributed by atoms with Crippen molar-refractivity contribution < 1.29 is 4.84 Å². The van der Waals surface area contributed by atoms with Crippen LogP contribution < -0.4 is 4.84 Å². The molecule has 0 saturated carbocycles. The molecule has 0 aliphatic heterocycles. The molecule has 0 fully saturated rings. The van der Waals surface area contributed by atoms with E-state index in [1.54, 1.807) is 11.0 Å². The van der Waals surface area contributed by atoms with Crippen molar-refractivity contribution >= 4 is 5.65 Å². The molecule has 0 bridgehead atoms. The third-order valence-corrected chi connectivity index (χ3v) is 1.47. The largest absolute Gasteiger partial charge is 0.398 e. The normalized spacial score (nSPS) is 10.6. The van der Waals surface area contributed by atoms with Crippen LogP contribution in [0.15, 0.2) is 24.7 Å². The molecule has 4 heteroatoms. The van der Waals surface area contributed by atoms with Gasteiger partial charge in [-0.15, -0.1) is 4.85 Å². The fourth-order valence-corrected chi connectivity index (χ4v) is 1.03. The van der Waals surface area contributed by atoms with Gasteiger partial charge in [0.15, 0.2) is 5.65 Å². The van der Waals surface area contributed by atoms with Crippen LogP contribution >= 0.6 is 0 Å². The monoisotopic (exact) mass is 151 g/mol. The maximum Gasteiger partial charge on any atom is 0.156 e. The lowest BCUT2D eigenvalue weighted by molar-refractivity contribution is 0.0841. The molecule has 2 aromatic heterocycles. The summed E-state index contributed by atoms with van der Waals surface area (Å²) >= 11 is 0. The van der Waals surface area contributed by atoms with Crippen LogP contribution in [0, 0.1) is 0 Å². The summed E-state index contributed by atoms with van der Waals surface area (Å²) in [6.45, 7) is 2.60. The van der Waals surface area contributed by atoms with E-state index in [-0.39, 0.29) is 0 Å². The molecule has 0 amide bonds. The zero-order valence-electron chi connectivity index (χ0n) is 6.27. The van der Waals surface area contributed by atoms with Crippen molar-refractivity contribution in [2.75, 3.05) is 6.61 Å². The molecule has 0 N–H and O–H groups in total. The standard InChI is InChI=1S/C7H9N3O/c1-2-11-10-5-3-7-8-4-6-9(7)10/h3-6H,2H2,1H3. The first-order valence-corrected chi connectivity index (χ1v) is 3.56. The van der Waals surface area contributed by atoms with E-state index in [1.807, 2.05) is 29.9 Å². The Bertz CT molecular complexity index is 349. The van der Waals surface area contributed by atoms with E-state index in [1.165, 1.54) is 0 Å². The van der Waals surface area contributed by atoms with Gasteiger partial charge in [-0.1, -0.05) is 0 Å². The maximum atomic E-state index is 5.26. The SMILES string of the molecule is CCOn1ccc2nccn21. The number of hydrogen-bond donors (Lipinski definition) is 0. The molecular weight excluding hydrogens is 142 g/mol. The quantitative estimate of drug-likeness (QED) is 0.628. The van der Waals surface area contributed by atoms with Crippen LogP contribution in [0.4, 0.5) is 0 Å². The molecule has 2 rings (SSSR count). The number of rotatable bonds is 2. The van der Waals surface area contributed by atoms with Gasteiger partial charge < -0.3 is 4.84 Å². The minimum absolute atomic E-state index is 0.655. The molecule has 0 aliphatic rings. The molecule has 0 unspecified atom stereocenters. The number of imidazole rings is 1. The summed E-state index contributed by atoms with van der Waals surface area (Å²) < 4.78 is 1.84. The van der Waals surface area contributed by atoms with E-state index in [0.717, 1.165) is 5.65 Å². The number of hydrogen-bond acceptors (Lipinski definition) is 2. The average Bonchev–Trinajstić information content (AvgIpc) is 2.53. The highest BCUT2D eigenvalue weighted by Crippen LogP contribution is 1.98. The Balaban J connectivity index is 2.51. The van der Waals surface area contributed by atoms with E-state index in [2.05, 4.69) is 4.98 Å². The van der Waals surface area contributed by atoms with Crippen LogP contribution in [0.5, 0.6) is 0 Å². The van der Waals surface area contributed by atoms with Gasteiger partial charge >= 0.3 is 0 Å². The summed E-state index contributed by atoms with van der Waals surface area (Å²) in [5.41, 5.74) is 0.901. The fraction of sp³-hybridized carbons (Fsp3) is 0.286. The summed E-state index contributed by atoms with van der Waals surface area (Å²) in [6.07, 6.45) is 5.43. The lowest BCUT2D eigenvalue weighted by Gasteiger charge is -2.03. The fourth-order valence-electron chi connectivity index (χ4n) is 1.03. The Morgan fingerprint density at radius 3 is 3.27 bits per heavy atom. The van der Waals surface area contributed by atoms with Crippen LogP contribution in [0.2, 0.25) is 0 Å². The number of aromatic nitrogens is 3. The van der Waals surface area contributed by atoms with Gasteiger partial charge in [-0.2, -0.15) is 0 Å². The highest BCUT2D eigenvalue weighted by atomic mass is 16.7. The van der Waals surface area contributed by atoms with Crippen LogP contribution in [0.1, 0.15) is 6.92 Å². The summed E-state index contributed by atoms with van der Waals surface area (Å²) in [5, 5.41) is 0. The van der Waals surface area contributed by atoms with E-state index < -0.39 is 0 Å². The first-order chi connectivity index (χ1) is 5.42. The van der Waals surface area contributed by atoms with Crippen molar-refractivity contribution in [3.63, 3.8) is 0 Å². The Hall–Kier alpha value is -1.45. The molecule has 0 spiro atoms. The second-order valence-corrected chi connectivity index (χ2v) is 2.17. The summed E-state index contributed by atoms with van der Waals surface area (Å²) in [5.74, 6) is 0. The Morgan fingerprint density at radius 1 is 1.55 bits per heavy atom. The average molecular weight is 151 g/mol. The van der Waals surface area contributed by atoms with Crippen molar-refractivity contribution in [1.82, 2.24) is 14.3 Å². The lowest BCUT2D eigenvalue weighted by atomic mass is 10.7. The third kappa shape index (κ3) is 0.869. The number of fused-ring (bicyclic) bond motifs is 1. The molecule has 4 nitrogen and oxygen atoms in total. The molecule has 0 atom stereocenters. The van der Waals surface area contributed by atoms with Crippen molar-refractivity contribution in [2.24, 2.45) is 0 Å². The zero-order chi connectivity index (χ0) is 7.68. The lowest BCUT2D eigenvalue weighted by Crippen LogP contribution is -2.13. The van der Waals surface area contributed by atoms with Crippen LogP contribution in [-0.2, 0) is 0 Å². The second kappa shape index (κ2) is 2.30. The minimum atomic E-state index is 0.655. The minimum Gasteiger partial charge on any atom is -0.398 e. The van der Waals surface area contributed by atoms with Crippen LogP contribution in [-0.4, -0.2) is 21.0 Å². The Morgan fingerprint density at radius 2 is 2.45 bits per heavy atom. The smallest absolute Gasteiger partial charge is 0.156 e. The second-order valence-electron chi connectivity index (χ2n) is 2.17. The van der Waals surface area contributed by atoms with Gasteiger partial charge in [-0.25, -0.2) is 9.50 Å². The number of nitrogens with zero attached hydrogens (tertiary/aromatic N) is 3. The molecule has 2 aromatic rings. The highest BCUT2D eigenvalue weighted by molar-refractivity contribution is 5.35. The van der Waals surface area contributed by atoms with Crippen LogP contribution in [0.25, 0.3) is 5.65 Å². The predicted octanol–water partition coefficient (Wildman–Crippen LogP) is 0.584. The molecular formula is C7H9N3O. The van der Waals surface area contributed by atoms with Crippen molar-refractivity contribution in [1.29, 1.82) is 0 Å². The Labute approximate surface area is 64.0 Å². The van der Waals surface area contributed by atoms with E-state index >= 15 is 0 Å². The van der Waals surface area contributed by atoms with Crippen molar-refractivity contribution in [3.05, 3.63) is 24.7 Å². The van der Waals surface area contributed by atoms with Crippen molar-refractivity contribution in [3.8, 4) is 0 Å². The van der Waals surface area contributed by atoms with Crippen molar-refractivity contribution in [2.45, 2.75) is 6.92 Å². The highest BCUT2D eigenvalue weighted by Gasteiger charge is 1.97. The molecule has 11 heavy (non-hydrogen) atoms. The van der Waals surface area contributed by atoms with Gasteiger partial charge in [0.2, 0.25) is 0 Å². The van der Waals surface area contributed by atoms with Gasteiger partial charge in [0.05, 0.1) is 12.4 Å². The maximum absolute atomic E-state index is 5.26. The predicted molar refractivity (Wildman–Crippen MR) is 40.3 cm³/mol. The summed E-state index contributed by atoms with van der Waals surface area (Å²) in [6, 6.07) is 1.90. The molecule has 2 heterocycles. The summed E-state index contributed by atoms with van der Waals surface area (Å²) in [7, 11) is 0. The summed E-state index contributed by atoms with van der Waals surface area (Å²) in [4.78, 5) is 11.0. The first-order valence-electron chi connectivity index (χ1n) is 3.56. The van der Waals surface area contributed by atoms with E-state index in [9.17, 15) is 0 Å². The Kier molecular flexibility index (Phi) is 1.31. The van der Waals surface area contributed by atoms with Gasteiger partial charge in [0, 0.05) is 12.3 Å². The van der Waals surface area contributed by atoms with Gasteiger partial charge in [-0.05, 0) is 6.92 Å².